The van der Waals surface area contributed by atoms with Crippen molar-refractivity contribution in [2.45, 2.75) is 18.4 Å². The largest absolute Gasteiger partial charge is 0.360 e. The molecule has 21 heavy (non-hydrogen) atoms. The van der Waals surface area contributed by atoms with Crippen LogP contribution in [0, 0.1) is 18.3 Å². The van der Waals surface area contributed by atoms with Gasteiger partial charge in [-0.1, -0.05) is 5.16 Å². The Hall–Kier alpha value is -2.17. The van der Waals surface area contributed by atoms with Crippen molar-refractivity contribution in [1.82, 2.24) is 10.5 Å². The van der Waals surface area contributed by atoms with Crippen LogP contribution in [0.15, 0.2) is 39.8 Å². The van der Waals surface area contributed by atoms with E-state index in [1.807, 2.05) is 13.0 Å². The van der Waals surface area contributed by atoms with Gasteiger partial charge in [0.25, 0.3) is 0 Å². The van der Waals surface area contributed by atoms with Crippen molar-refractivity contribution in [3.8, 4) is 6.07 Å². The normalized spacial score (nSPS) is 11.2. The number of hydrogen-bond acceptors (Lipinski definition) is 6. The number of sulfone groups is 1. The van der Waals surface area contributed by atoms with Crippen LogP contribution in [0.4, 0.5) is 0 Å². The molecule has 0 fully saturated rings. The van der Waals surface area contributed by atoms with Crippen LogP contribution in [0.1, 0.15) is 17.0 Å². The molecule has 110 valence electrons. The summed E-state index contributed by atoms with van der Waals surface area (Å²) in [5.41, 5.74) is 1.23. The number of nitriles is 1. The Kier molecular flexibility index (Phi) is 4.73. The predicted molar refractivity (Wildman–Crippen MR) is 76.2 cm³/mol. The number of nitrogens with one attached hydrogen (secondary N) is 1. The highest BCUT2D eigenvalue weighted by Gasteiger charge is 2.13. The number of nitrogens with zero attached hydrogens (tertiary/aromatic N) is 2. The Labute approximate surface area is 123 Å². The van der Waals surface area contributed by atoms with Crippen molar-refractivity contribution in [3.05, 3.63) is 47.3 Å². The van der Waals surface area contributed by atoms with Gasteiger partial charge in [-0.15, -0.1) is 0 Å². The predicted octanol–water partition coefficient (Wildman–Crippen LogP) is 1.42. The number of aryl methyl sites for hydroxylation is 1. The van der Waals surface area contributed by atoms with Gasteiger partial charge in [0.05, 0.1) is 34.5 Å². The molecule has 6 nitrogen and oxygen atoms in total. The minimum atomic E-state index is -3.35. The Morgan fingerprint density at radius 2 is 2.05 bits per heavy atom. The van der Waals surface area contributed by atoms with Gasteiger partial charge in [0.2, 0.25) is 0 Å². The Morgan fingerprint density at radius 1 is 1.33 bits per heavy atom. The van der Waals surface area contributed by atoms with Gasteiger partial charge in [-0.3, -0.25) is 0 Å². The van der Waals surface area contributed by atoms with Crippen molar-refractivity contribution < 1.29 is 12.9 Å². The third-order valence-corrected chi connectivity index (χ3v) is 4.60. The zero-order valence-electron chi connectivity index (χ0n) is 11.5. The topological polar surface area (TPSA) is 96.0 Å². The monoisotopic (exact) mass is 305 g/mol. The highest BCUT2D eigenvalue weighted by atomic mass is 32.2. The van der Waals surface area contributed by atoms with E-state index in [-0.39, 0.29) is 10.6 Å². The van der Waals surface area contributed by atoms with Gasteiger partial charge in [0.1, 0.15) is 0 Å². The summed E-state index contributed by atoms with van der Waals surface area (Å²) in [6.45, 7) is 2.56. The molecule has 0 unspecified atom stereocenters. The highest BCUT2D eigenvalue weighted by Crippen LogP contribution is 2.11. The molecule has 0 saturated carbocycles. The van der Waals surface area contributed by atoms with Gasteiger partial charge in [-0.05, 0) is 31.2 Å². The molecule has 0 bridgehead atoms. The van der Waals surface area contributed by atoms with Crippen molar-refractivity contribution >= 4 is 9.84 Å². The first-order chi connectivity index (χ1) is 10.0. The maximum Gasteiger partial charge on any atom is 0.179 e. The standard InChI is InChI=1S/C14H15N3O3S/c1-11-8-13(20-17-11)10-16-6-7-21(18,19)14-4-2-12(9-15)3-5-14/h2-5,8,16H,6-7,10H2,1H3. The van der Waals surface area contributed by atoms with Gasteiger partial charge < -0.3 is 9.84 Å². The van der Waals surface area contributed by atoms with Crippen LogP contribution in [0.3, 0.4) is 0 Å². The van der Waals surface area contributed by atoms with Crippen molar-refractivity contribution in [3.63, 3.8) is 0 Å². The molecule has 0 aliphatic rings. The third-order valence-electron chi connectivity index (χ3n) is 2.87. The summed E-state index contributed by atoms with van der Waals surface area (Å²) in [6, 6.07) is 9.65. The highest BCUT2D eigenvalue weighted by molar-refractivity contribution is 7.91. The maximum absolute atomic E-state index is 12.1. The van der Waals surface area contributed by atoms with Crippen LogP contribution < -0.4 is 5.32 Å². The Morgan fingerprint density at radius 3 is 2.62 bits per heavy atom. The molecule has 0 spiro atoms. The van der Waals surface area contributed by atoms with Crippen LogP contribution in [0.2, 0.25) is 0 Å². The van der Waals surface area contributed by atoms with E-state index in [2.05, 4.69) is 10.5 Å². The summed E-state index contributed by atoms with van der Waals surface area (Å²) in [5.74, 6) is 0.648. The van der Waals surface area contributed by atoms with Crippen molar-refractivity contribution in [2.24, 2.45) is 0 Å². The number of hydrogen-bond donors (Lipinski definition) is 1. The Bertz CT molecular complexity index is 743. The molecule has 2 aromatic rings. The number of rotatable bonds is 6. The molecule has 1 aromatic heterocycles. The summed E-state index contributed by atoms with van der Waals surface area (Å²) >= 11 is 0. The fourth-order valence-electron chi connectivity index (χ4n) is 1.77. The van der Waals surface area contributed by atoms with Crippen LogP contribution >= 0.6 is 0 Å². The van der Waals surface area contributed by atoms with Crippen LogP contribution in [0.25, 0.3) is 0 Å². The van der Waals surface area contributed by atoms with Crippen LogP contribution in [-0.4, -0.2) is 25.9 Å². The van der Waals surface area contributed by atoms with E-state index < -0.39 is 9.84 Å². The minimum Gasteiger partial charge on any atom is -0.360 e. The second-order valence-corrected chi connectivity index (χ2v) is 6.68. The fraction of sp³-hybridized carbons (Fsp3) is 0.286. The van der Waals surface area contributed by atoms with E-state index >= 15 is 0 Å². The first-order valence-corrected chi connectivity index (χ1v) is 8.02. The van der Waals surface area contributed by atoms with E-state index in [9.17, 15) is 8.42 Å². The van der Waals surface area contributed by atoms with E-state index in [1.165, 1.54) is 24.3 Å². The van der Waals surface area contributed by atoms with E-state index in [4.69, 9.17) is 9.78 Å². The smallest absolute Gasteiger partial charge is 0.179 e. The molecule has 1 aromatic carbocycles. The van der Waals surface area contributed by atoms with Crippen LogP contribution in [0.5, 0.6) is 0 Å². The molecule has 0 saturated heterocycles. The lowest BCUT2D eigenvalue weighted by molar-refractivity contribution is 0.371. The molecule has 0 aliphatic carbocycles. The van der Waals surface area contributed by atoms with Gasteiger partial charge in [0.15, 0.2) is 15.6 Å². The average molecular weight is 305 g/mol. The SMILES string of the molecule is Cc1cc(CNCCS(=O)(=O)c2ccc(C#N)cc2)on1. The van der Waals surface area contributed by atoms with E-state index in [1.54, 1.807) is 6.07 Å². The Balaban J connectivity index is 1.87. The van der Waals surface area contributed by atoms with Crippen molar-refractivity contribution in [1.29, 1.82) is 5.26 Å². The quantitative estimate of drug-likeness (QED) is 0.811. The molecule has 7 heteroatoms. The first-order valence-electron chi connectivity index (χ1n) is 6.37. The summed E-state index contributed by atoms with van der Waals surface area (Å²) in [5, 5.41) is 15.4. The van der Waals surface area contributed by atoms with Gasteiger partial charge in [0, 0.05) is 12.6 Å². The second-order valence-electron chi connectivity index (χ2n) is 4.57. The summed E-state index contributed by atoms with van der Waals surface area (Å²) in [6.07, 6.45) is 0. The number of aromatic nitrogens is 1. The minimum absolute atomic E-state index is 0.0218. The van der Waals surface area contributed by atoms with Crippen molar-refractivity contribution in [2.75, 3.05) is 12.3 Å². The fourth-order valence-corrected chi connectivity index (χ4v) is 2.97. The first kappa shape index (κ1) is 15.2. The molecule has 2 rings (SSSR count). The van der Waals surface area contributed by atoms with E-state index in [0.29, 0.717) is 24.4 Å². The molecular formula is C14H15N3O3S. The second kappa shape index (κ2) is 6.52. The lowest BCUT2D eigenvalue weighted by Crippen LogP contribution is -2.22. The van der Waals surface area contributed by atoms with Gasteiger partial charge in [-0.2, -0.15) is 5.26 Å². The maximum atomic E-state index is 12.1. The summed E-state index contributed by atoms with van der Waals surface area (Å²) in [4.78, 5) is 0.221. The van der Waals surface area contributed by atoms with Crippen LogP contribution in [-0.2, 0) is 16.4 Å². The van der Waals surface area contributed by atoms with Gasteiger partial charge >= 0.3 is 0 Å². The number of benzene rings is 1. The molecular weight excluding hydrogens is 290 g/mol. The summed E-state index contributed by atoms with van der Waals surface area (Å²) < 4.78 is 29.2. The van der Waals surface area contributed by atoms with Gasteiger partial charge in [-0.25, -0.2) is 8.42 Å². The molecule has 0 aliphatic heterocycles. The lowest BCUT2D eigenvalue weighted by Gasteiger charge is -2.05. The lowest BCUT2D eigenvalue weighted by atomic mass is 10.2. The molecule has 0 amide bonds. The zero-order chi connectivity index (χ0) is 15.3. The molecule has 1 N–H and O–H groups in total. The molecule has 0 atom stereocenters. The third kappa shape index (κ3) is 4.15. The summed E-state index contributed by atoms with van der Waals surface area (Å²) in [7, 11) is -3.35. The average Bonchev–Trinajstić information content (AvgIpc) is 2.89. The zero-order valence-corrected chi connectivity index (χ0v) is 12.4. The molecule has 0 radical (unpaired) electrons. The molecule has 1 heterocycles. The van der Waals surface area contributed by atoms with E-state index in [0.717, 1.165) is 5.69 Å².